The van der Waals surface area contributed by atoms with Crippen molar-refractivity contribution in [3.8, 4) is 0 Å². The third-order valence-corrected chi connectivity index (χ3v) is 5.81. The van der Waals surface area contributed by atoms with E-state index in [2.05, 4.69) is 0 Å². The number of hydrogen-bond acceptors (Lipinski definition) is 3. The van der Waals surface area contributed by atoms with E-state index in [1.165, 1.54) is 0 Å². The van der Waals surface area contributed by atoms with E-state index in [1.807, 2.05) is 18.2 Å². The maximum Gasteiger partial charge on any atom is 0.257 e. The summed E-state index contributed by atoms with van der Waals surface area (Å²) in [6.45, 7) is 0.369. The lowest BCUT2D eigenvalue weighted by Gasteiger charge is -2.28. The van der Waals surface area contributed by atoms with Gasteiger partial charge in [-0.05, 0) is 61.2 Å². The Morgan fingerprint density at radius 1 is 1.03 bits per heavy atom. The molecule has 0 aromatic heterocycles. The largest absolute Gasteiger partial charge is 0.330 e. The highest BCUT2D eigenvalue weighted by Crippen LogP contribution is 2.34. The zero-order valence-corrected chi connectivity index (χ0v) is 17.2. The first-order valence-corrected chi connectivity index (χ1v) is 10.4. The Kier molecular flexibility index (Phi) is 5.61. The summed E-state index contributed by atoms with van der Waals surface area (Å²) < 4.78 is 0. The molecule has 1 heterocycles. The topological polar surface area (TPSA) is 57.7 Å². The standard InChI is InChI=1S/C22H20Cl2N2O3/c23-16-6-8-18(9-7-16)26-20(27)13-19(22(26)29)25(21(28)15-4-5-15)11-10-14-2-1-3-17(24)12-14/h1-3,6-9,12,15,19H,4-5,10-11,13H2. The number of rotatable bonds is 6. The Hall–Kier alpha value is -2.37. The monoisotopic (exact) mass is 430 g/mol. The number of halogens is 2. The molecule has 1 aliphatic carbocycles. The Morgan fingerprint density at radius 2 is 1.76 bits per heavy atom. The lowest BCUT2D eigenvalue weighted by molar-refractivity contribution is -0.139. The first-order valence-electron chi connectivity index (χ1n) is 9.61. The Balaban J connectivity index is 1.55. The van der Waals surface area contributed by atoms with Crippen LogP contribution in [0.25, 0.3) is 0 Å². The molecule has 1 saturated heterocycles. The third-order valence-electron chi connectivity index (χ3n) is 5.32. The van der Waals surface area contributed by atoms with E-state index in [4.69, 9.17) is 23.2 Å². The normalized spacial score (nSPS) is 19.0. The van der Waals surface area contributed by atoms with E-state index < -0.39 is 6.04 Å². The predicted molar refractivity (Wildman–Crippen MR) is 112 cm³/mol. The van der Waals surface area contributed by atoms with Gasteiger partial charge in [0.25, 0.3) is 5.91 Å². The maximum absolute atomic E-state index is 13.1. The van der Waals surface area contributed by atoms with Crippen molar-refractivity contribution < 1.29 is 14.4 Å². The van der Waals surface area contributed by atoms with Gasteiger partial charge < -0.3 is 4.90 Å². The number of amides is 3. The molecule has 0 N–H and O–H groups in total. The van der Waals surface area contributed by atoms with Crippen molar-refractivity contribution >= 4 is 46.6 Å². The van der Waals surface area contributed by atoms with Gasteiger partial charge in [0.2, 0.25) is 11.8 Å². The van der Waals surface area contributed by atoms with Crippen LogP contribution in [0.5, 0.6) is 0 Å². The summed E-state index contributed by atoms with van der Waals surface area (Å²) in [5, 5.41) is 1.15. The average Bonchev–Trinajstić information content (AvgIpc) is 3.50. The van der Waals surface area contributed by atoms with Crippen LogP contribution in [0.1, 0.15) is 24.8 Å². The lowest BCUT2D eigenvalue weighted by atomic mass is 10.1. The molecule has 1 aliphatic heterocycles. The van der Waals surface area contributed by atoms with Gasteiger partial charge in [-0.2, -0.15) is 0 Å². The summed E-state index contributed by atoms with van der Waals surface area (Å²) in [6.07, 6.45) is 2.23. The molecule has 1 saturated carbocycles. The number of imide groups is 1. The highest BCUT2D eigenvalue weighted by Gasteiger charge is 2.46. The molecule has 2 aromatic carbocycles. The van der Waals surface area contributed by atoms with Gasteiger partial charge in [0, 0.05) is 22.5 Å². The number of carbonyl (C=O) groups is 3. The molecule has 5 nitrogen and oxygen atoms in total. The van der Waals surface area contributed by atoms with Crippen LogP contribution in [0.3, 0.4) is 0 Å². The number of benzene rings is 2. The molecular formula is C22H20Cl2N2O3. The van der Waals surface area contributed by atoms with E-state index in [0.717, 1.165) is 23.3 Å². The molecule has 3 amide bonds. The van der Waals surface area contributed by atoms with Crippen molar-refractivity contribution in [1.82, 2.24) is 4.90 Å². The van der Waals surface area contributed by atoms with Crippen LogP contribution < -0.4 is 4.90 Å². The van der Waals surface area contributed by atoms with E-state index in [0.29, 0.717) is 28.7 Å². The second kappa shape index (κ2) is 8.17. The Bertz CT molecular complexity index is 957. The maximum atomic E-state index is 13.1. The molecule has 4 rings (SSSR count). The van der Waals surface area contributed by atoms with Crippen LogP contribution in [-0.4, -0.2) is 35.2 Å². The van der Waals surface area contributed by atoms with Crippen molar-refractivity contribution in [2.45, 2.75) is 31.7 Å². The fourth-order valence-electron chi connectivity index (χ4n) is 3.65. The van der Waals surface area contributed by atoms with Crippen LogP contribution in [0.2, 0.25) is 10.0 Å². The molecular weight excluding hydrogens is 411 g/mol. The minimum absolute atomic E-state index is 0.00450. The first-order chi connectivity index (χ1) is 13.9. The second-order valence-electron chi connectivity index (χ2n) is 7.45. The van der Waals surface area contributed by atoms with Crippen molar-refractivity contribution in [1.29, 1.82) is 0 Å². The summed E-state index contributed by atoms with van der Waals surface area (Å²) >= 11 is 12.0. The van der Waals surface area contributed by atoms with Gasteiger partial charge in [0.15, 0.2) is 0 Å². The van der Waals surface area contributed by atoms with E-state index in [-0.39, 0.29) is 30.1 Å². The molecule has 150 valence electrons. The Labute approximate surface area is 179 Å². The van der Waals surface area contributed by atoms with Crippen molar-refractivity contribution in [2.24, 2.45) is 5.92 Å². The molecule has 0 radical (unpaired) electrons. The number of hydrogen-bond donors (Lipinski definition) is 0. The number of carbonyl (C=O) groups excluding carboxylic acids is 3. The fraction of sp³-hybridized carbons (Fsp3) is 0.318. The van der Waals surface area contributed by atoms with Gasteiger partial charge in [-0.1, -0.05) is 35.3 Å². The summed E-state index contributed by atoms with van der Waals surface area (Å²) in [5.41, 5.74) is 1.46. The highest BCUT2D eigenvalue weighted by atomic mass is 35.5. The quantitative estimate of drug-likeness (QED) is 0.647. The molecule has 2 aromatic rings. The average molecular weight is 431 g/mol. The summed E-state index contributed by atoms with van der Waals surface area (Å²) in [5.74, 6) is -0.755. The molecule has 1 unspecified atom stereocenters. The predicted octanol–water partition coefficient (Wildman–Crippen LogP) is 4.11. The van der Waals surface area contributed by atoms with Crippen LogP contribution in [0.4, 0.5) is 5.69 Å². The zero-order valence-electron chi connectivity index (χ0n) is 15.7. The highest BCUT2D eigenvalue weighted by molar-refractivity contribution is 6.31. The summed E-state index contributed by atoms with van der Waals surface area (Å²) in [6, 6.07) is 13.2. The zero-order chi connectivity index (χ0) is 20.5. The lowest BCUT2D eigenvalue weighted by Crippen LogP contribution is -2.47. The molecule has 1 atom stereocenters. The van der Waals surface area contributed by atoms with Crippen LogP contribution in [0.15, 0.2) is 48.5 Å². The van der Waals surface area contributed by atoms with Gasteiger partial charge in [0.05, 0.1) is 12.1 Å². The van der Waals surface area contributed by atoms with Gasteiger partial charge in [0.1, 0.15) is 6.04 Å². The molecule has 29 heavy (non-hydrogen) atoms. The minimum Gasteiger partial charge on any atom is -0.330 e. The SMILES string of the molecule is O=C1CC(N(CCc2cccc(Cl)c2)C(=O)C2CC2)C(=O)N1c1ccc(Cl)cc1. The molecule has 0 bridgehead atoms. The van der Waals surface area contributed by atoms with Gasteiger partial charge >= 0.3 is 0 Å². The number of anilines is 1. The minimum atomic E-state index is -0.773. The van der Waals surface area contributed by atoms with Gasteiger partial charge in [-0.15, -0.1) is 0 Å². The number of nitrogens with zero attached hydrogens (tertiary/aromatic N) is 2. The van der Waals surface area contributed by atoms with Crippen molar-refractivity contribution in [3.05, 3.63) is 64.1 Å². The van der Waals surface area contributed by atoms with Crippen molar-refractivity contribution in [2.75, 3.05) is 11.4 Å². The Morgan fingerprint density at radius 3 is 2.41 bits per heavy atom. The van der Waals surface area contributed by atoms with Crippen LogP contribution >= 0.6 is 23.2 Å². The second-order valence-corrected chi connectivity index (χ2v) is 8.32. The summed E-state index contributed by atoms with van der Waals surface area (Å²) in [4.78, 5) is 41.4. The fourth-order valence-corrected chi connectivity index (χ4v) is 3.99. The van der Waals surface area contributed by atoms with E-state index in [1.54, 1.807) is 35.2 Å². The van der Waals surface area contributed by atoms with Gasteiger partial charge in [-0.3, -0.25) is 14.4 Å². The van der Waals surface area contributed by atoms with Crippen LogP contribution in [-0.2, 0) is 20.8 Å². The molecule has 7 heteroatoms. The van der Waals surface area contributed by atoms with E-state index >= 15 is 0 Å². The third kappa shape index (κ3) is 4.31. The summed E-state index contributed by atoms with van der Waals surface area (Å²) in [7, 11) is 0. The van der Waals surface area contributed by atoms with Gasteiger partial charge in [-0.25, -0.2) is 4.90 Å². The molecule has 2 fully saturated rings. The first kappa shape index (κ1) is 19.9. The molecule has 0 spiro atoms. The molecule has 2 aliphatic rings. The smallest absolute Gasteiger partial charge is 0.257 e. The van der Waals surface area contributed by atoms with E-state index in [9.17, 15) is 14.4 Å². The van der Waals surface area contributed by atoms with Crippen molar-refractivity contribution in [3.63, 3.8) is 0 Å². The van der Waals surface area contributed by atoms with Crippen LogP contribution in [0, 0.1) is 5.92 Å².